The lowest BCUT2D eigenvalue weighted by Gasteiger charge is -2.26. The van der Waals surface area contributed by atoms with E-state index in [1.165, 1.54) is 0 Å². The number of ether oxygens (including phenoxy) is 1. The highest BCUT2D eigenvalue weighted by Gasteiger charge is 2.22. The van der Waals surface area contributed by atoms with E-state index >= 15 is 0 Å². The van der Waals surface area contributed by atoms with E-state index in [1.54, 1.807) is 24.3 Å². The molecule has 5 nitrogen and oxygen atoms in total. The summed E-state index contributed by atoms with van der Waals surface area (Å²) in [6.07, 6.45) is 0.718. The van der Waals surface area contributed by atoms with E-state index in [0.29, 0.717) is 12.2 Å². The minimum atomic E-state index is -0.256. The standard InChI is InChI=1S/C18H18N2O3/c21-17(12-19-18(22)13-6-2-1-3-7-13)20-15-10-11-23-16-9-5-4-8-14(15)16/h1-9,15H,10-12H2,(H,19,22)(H,20,21). The molecular weight excluding hydrogens is 292 g/mol. The van der Waals surface area contributed by atoms with Gasteiger partial charge in [0, 0.05) is 17.5 Å². The molecule has 118 valence electrons. The van der Waals surface area contributed by atoms with Crippen molar-refractivity contribution in [1.29, 1.82) is 0 Å². The minimum absolute atomic E-state index is 0.0484. The van der Waals surface area contributed by atoms with E-state index < -0.39 is 0 Å². The van der Waals surface area contributed by atoms with Crippen LogP contribution in [0.4, 0.5) is 0 Å². The Hall–Kier alpha value is -2.82. The van der Waals surface area contributed by atoms with Gasteiger partial charge in [0.15, 0.2) is 0 Å². The molecule has 1 atom stereocenters. The third-order valence-electron chi connectivity index (χ3n) is 3.74. The molecule has 1 aliphatic rings. The highest BCUT2D eigenvalue weighted by molar-refractivity contribution is 5.96. The SMILES string of the molecule is O=C(CNC(=O)c1ccccc1)NC1CCOc2ccccc21. The molecule has 0 bridgehead atoms. The van der Waals surface area contributed by atoms with Gasteiger partial charge in [0.2, 0.25) is 5.91 Å². The third kappa shape index (κ3) is 3.69. The topological polar surface area (TPSA) is 67.4 Å². The number of amides is 2. The molecule has 2 N–H and O–H groups in total. The predicted molar refractivity (Wildman–Crippen MR) is 86.2 cm³/mol. The maximum atomic E-state index is 12.1. The normalized spacial score (nSPS) is 15.9. The maximum Gasteiger partial charge on any atom is 0.251 e. The number of rotatable bonds is 4. The number of carbonyl (C=O) groups excluding carboxylic acids is 2. The Morgan fingerprint density at radius 3 is 2.61 bits per heavy atom. The van der Waals surface area contributed by atoms with Crippen molar-refractivity contribution in [3.8, 4) is 5.75 Å². The zero-order valence-corrected chi connectivity index (χ0v) is 12.6. The van der Waals surface area contributed by atoms with Crippen LogP contribution in [0.3, 0.4) is 0 Å². The molecule has 23 heavy (non-hydrogen) atoms. The van der Waals surface area contributed by atoms with Gasteiger partial charge in [-0.3, -0.25) is 9.59 Å². The van der Waals surface area contributed by atoms with Gasteiger partial charge in [0.05, 0.1) is 19.2 Å². The van der Waals surface area contributed by atoms with Crippen molar-refractivity contribution in [2.45, 2.75) is 12.5 Å². The largest absolute Gasteiger partial charge is 0.493 e. The lowest BCUT2D eigenvalue weighted by atomic mass is 10.0. The third-order valence-corrected chi connectivity index (χ3v) is 3.74. The summed E-state index contributed by atoms with van der Waals surface area (Å²) in [5.41, 5.74) is 1.51. The van der Waals surface area contributed by atoms with Gasteiger partial charge in [-0.25, -0.2) is 0 Å². The number of hydrogen-bond acceptors (Lipinski definition) is 3. The van der Waals surface area contributed by atoms with Crippen molar-refractivity contribution in [2.24, 2.45) is 0 Å². The summed E-state index contributed by atoms with van der Waals surface area (Å²) in [6.45, 7) is 0.519. The van der Waals surface area contributed by atoms with Crippen molar-refractivity contribution < 1.29 is 14.3 Å². The first-order chi connectivity index (χ1) is 11.2. The lowest BCUT2D eigenvalue weighted by molar-refractivity contribution is -0.121. The Morgan fingerprint density at radius 2 is 1.78 bits per heavy atom. The molecule has 3 rings (SSSR count). The second-order valence-corrected chi connectivity index (χ2v) is 5.34. The number of hydrogen-bond donors (Lipinski definition) is 2. The van der Waals surface area contributed by atoms with E-state index in [2.05, 4.69) is 10.6 Å². The van der Waals surface area contributed by atoms with Gasteiger partial charge in [-0.2, -0.15) is 0 Å². The van der Waals surface area contributed by atoms with Crippen molar-refractivity contribution in [3.05, 3.63) is 65.7 Å². The lowest BCUT2D eigenvalue weighted by Crippen LogP contribution is -2.39. The van der Waals surface area contributed by atoms with Crippen molar-refractivity contribution in [1.82, 2.24) is 10.6 Å². The summed E-state index contributed by atoms with van der Waals surface area (Å²) in [5, 5.41) is 5.58. The fraction of sp³-hybridized carbons (Fsp3) is 0.222. The summed E-state index contributed by atoms with van der Waals surface area (Å²) in [4.78, 5) is 24.0. The molecule has 1 aliphatic heterocycles. The Labute approximate surface area is 134 Å². The van der Waals surface area contributed by atoms with Crippen LogP contribution in [0.25, 0.3) is 0 Å². The Bertz CT molecular complexity index is 700. The molecule has 2 aromatic carbocycles. The molecule has 1 heterocycles. The van der Waals surface area contributed by atoms with Crippen LogP contribution in [-0.4, -0.2) is 25.0 Å². The Kier molecular flexibility index (Phi) is 4.57. The fourth-order valence-electron chi connectivity index (χ4n) is 2.59. The molecule has 0 radical (unpaired) electrons. The highest BCUT2D eigenvalue weighted by atomic mass is 16.5. The Balaban J connectivity index is 1.55. The second-order valence-electron chi connectivity index (χ2n) is 5.34. The van der Waals surface area contributed by atoms with Crippen molar-refractivity contribution >= 4 is 11.8 Å². The molecule has 2 amide bonds. The molecule has 0 saturated heterocycles. The first kappa shape index (κ1) is 15.1. The number of carbonyl (C=O) groups is 2. The first-order valence-corrected chi connectivity index (χ1v) is 7.58. The van der Waals surface area contributed by atoms with Crippen LogP contribution in [0.15, 0.2) is 54.6 Å². The molecule has 0 saturated carbocycles. The number of fused-ring (bicyclic) bond motifs is 1. The summed E-state index contributed by atoms with van der Waals surface area (Å²) >= 11 is 0. The van der Waals surface area contributed by atoms with Crippen LogP contribution < -0.4 is 15.4 Å². The van der Waals surface area contributed by atoms with Crippen LogP contribution in [0.5, 0.6) is 5.75 Å². The fourth-order valence-corrected chi connectivity index (χ4v) is 2.59. The zero-order valence-electron chi connectivity index (χ0n) is 12.6. The summed E-state index contributed by atoms with van der Waals surface area (Å²) < 4.78 is 5.57. The zero-order chi connectivity index (χ0) is 16.1. The van der Waals surface area contributed by atoms with Gasteiger partial charge >= 0.3 is 0 Å². The average Bonchev–Trinajstić information content (AvgIpc) is 2.61. The molecule has 5 heteroatoms. The molecule has 1 unspecified atom stereocenters. The van der Waals surface area contributed by atoms with E-state index in [1.807, 2.05) is 30.3 Å². The van der Waals surface area contributed by atoms with Crippen molar-refractivity contribution in [2.75, 3.05) is 13.2 Å². The van der Waals surface area contributed by atoms with E-state index in [0.717, 1.165) is 17.7 Å². The highest BCUT2D eigenvalue weighted by Crippen LogP contribution is 2.31. The number of para-hydroxylation sites is 1. The minimum Gasteiger partial charge on any atom is -0.493 e. The van der Waals surface area contributed by atoms with Crippen LogP contribution in [-0.2, 0) is 4.79 Å². The number of nitrogens with one attached hydrogen (secondary N) is 2. The Morgan fingerprint density at radius 1 is 1.04 bits per heavy atom. The van der Waals surface area contributed by atoms with E-state index in [-0.39, 0.29) is 24.4 Å². The summed E-state index contributed by atoms with van der Waals surface area (Å²) in [6, 6.07) is 16.4. The summed E-state index contributed by atoms with van der Waals surface area (Å²) in [7, 11) is 0. The predicted octanol–water partition coefficient (Wildman–Crippen LogP) is 2.06. The number of benzene rings is 2. The second kappa shape index (κ2) is 6.96. The van der Waals surface area contributed by atoms with Gasteiger partial charge in [0.1, 0.15) is 5.75 Å². The van der Waals surface area contributed by atoms with Gasteiger partial charge < -0.3 is 15.4 Å². The van der Waals surface area contributed by atoms with Gasteiger partial charge in [-0.1, -0.05) is 36.4 Å². The monoisotopic (exact) mass is 310 g/mol. The molecular formula is C18H18N2O3. The van der Waals surface area contributed by atoms with Crippen molar-refractivity contribution in [3.63, 3.8) is 0 Å². The van der Waals surface area contributed by atoms with Gasteiger partial charge in [0.25, 0.3) is 5.91 Å². The molecule has 0 fully saturated rings. The molecule has 0 aromatic heterocycles. The van der Waals surface area contributed by atoms with Crippen LogP contribution >= 0.6 is 0 Å². The van der Waals surface area contributed by atoms with E-state index in [4.69, 9.17) is 4.74 Å². The molecule has 2 aromatic rings. The van der Waals surface area contributed by atoms with E-state index in [9.17, 15) is 9.59 Å². The summed E-state index contributed by atoms with van der Waals surface area (Å²) in [5.74, 6) is 0.335. The maximum absolute atomic E-state index is 12.1. The first-order valence-electron chi connectivity index (χ1n) is 7.58. The smallest absolute Gasteiger partial charge is 0.251 e. The van der Waals surface area contributed by atoms with Crippen LogP contribution in [0, 0.1) is 0 Å². The average molecular weight is 310 g/mol. The molecule has 0 spiro atoms. The van der Waals surface area contributed by atoms with Gasteiger partial charge in [-0.15, -0.1) is 0 Å². The van der Waals surface area contributed by atoms with Crippen LogP contribution in [0.2, 0.25) is 0 Å². The molecule has 0 aliphatic carbocycles. The van der Waals surface area contributed by atoms with Crippen LogP contribution in [0.1, 0.15) is 28.4 Å². The van der Waals surface area contributed by atoms with Gasteiger partial charge in [-0.05, 0) is 18.2 Å². The quantitative estimate of drug-likeness (QED) is 0.908.